The number of nitrogens with two attached hydrogens (primary N) is 1. The van der Waals surface area contributed by atoms with E-state index in [9.17, 15) is 47.4 Å². The minimum absolute atomic E-state index is 0.0151. The third-order valence-electron chi connectivity index (χ3n) is 11.8. The predicted octanol–water partition coefficient (Wildman–Crippen LogP) is 7.35. The van der Waals surface area contributed by atoms with Gasteiger partial charge in [-0.3, -0.25) is 14.4 Å². The van der Waals surface area contributed by atoms with Crippen LogP contribution in [0.1, 0.15) is 88.1 Å². The van der Waals surface area contributed by atoms with Gasteiger partial charge in [-0.2, -0.15) is 0 Å². The van der Waals surface area contributed by atoms with Crippen molar-refractivity contribution in [2.45, 2.75) is 115 Å². The fraction of sp³-hybridized carbons (Fsp3) is 0.373. The van der Waals surface area contributed by atoms with Crippen molar-refractivity contribution in [3.63, 3.8) is 0 Å². The number of rotatable bonds is 21. The molecule has 0 saturated heterocycles. The number of halogens is 2. The Balaban J connectivity index is 0.000000283. The molecule has 0 bridgehead atoms. The fourth-order valence-corrected chi connectivity index (χ4v) is 7.94. The van der Waals surface area contributed by atoms with E-state index in [1.807, 2.05) is 109 Å². The number of aliphatic carboxylic acids is 2. The van der Waals surface area contributed by atoms with Crippen molar-refractivity contribution in [1.82, 2.24) is 31.9 Å². The van der Waals surface area contributed by atoms with E-state index in [1.165, 1.54) is 6.07 Å². The lowest BCUT2D eigenvalue weighted by atomic mass is 9.98. The molecule has 80 heavy (non-hydrogen) atoms. The highest BCUT2D eigenvalue weighted by atomic mass is 19.2. The van der Waals surface area contributed by atoms with E-state index in [0.717, 1.165) is 45.5 Å². The molecule has 10 N–H and O–H groups in total. The number of ether oxygens (including phenoxy) is 3. The predicted molar refractivity (Wildman–Crippen MR) is 296 cm³/mol. The summed E-state index contributed by atoms with van der Waals surface area (Å²) in [6.07, 6.45) is -1.60. The summed E-state index contributed by atoms with van der Waals surface area (Å²) in [6.45, 7) is 10.8. The van der Waals surface area contributed by atoms with Crippen LogP contribution in [0, 0.1) is 11.6 Å². The summed E-state index contributed by atoms with van der Waals surface area (Å²) >= 11 is 0. The summed E-state index contributed by atoms with van der Waals surface area (Å²) in [6, 6.07) is 34.1. The molecule has 430 valence electrons. The minimum Gasteiger partial charge on any atom is -0.480 e. The smallest absolute Gasteiger partial charge is 0.407 e. The van der Waals surface area contributed by atoms with Crippen molar-refractivity contribution in [2.75, 3.05) is 26.7 Å². The number of hydrogen-bond donors (Lipinski definition) is 9. The molecule has 21 heteroatoms. The highest BCUT2D eigenvalue weighted by molar-refractivity contribution is 5.90. The first kappa shape index (κ1) is 64.1. The minimum atomic E-state index is -1.22. The van der Waals surface area contributed by atoms with Crippen LogP contribution in [0.15, 0.2) is 127 Å². The number of nitrogens with one attached hydrogen (secondary N) is 6. The summed E-state index contributed by atoms with van der Waals surface area (Å²) in [5.41, 5.74) is 11.2. The number of hydrogen-bond acceptors (Lipinski definition) is 12. The van der Waals surface area contributed by atoms with Gasteiger partial charge in [-0.05, 0) is 125 Å². The van der Waals surface area contributed by atoms with Gasteiger partial charge in [0.05, 0.1) is 6.04 Å². The Hall–Kier alpha value is -8.43. The SMILES string of the molecule is CC(C)(C)OC(=O)NCC[C@H](NC(=O)OCC1c2ccccc2-c2ccccc21)C(=O)O.CC(C)(C)OC(=O)NCC[C@H](NC(=O)[C@@H](N)Cc1ccc(F)c(F)c1)C(=O)NCc1ccccc1.CN[C@@H](Cc1ccccc1)C(=O)O. The maximum atomic E-state index is 13.5. The van der Waals surface area contributed by atoms with E-state index in [1.54, 1.807) is 48.6 Å². The lowest BCUT2D eigenvalue weighted by Gasteiger charge is -2.22. The maximum absolute atomic E-state index is 13.5. The van der Waals surface area contributed by atoms with E-state index >= 15 is 0 Å². The lowest BCUT2D eigenvalue weighted by molar-refractivity contribution is -0.140. The summed E-state index contributed by atoms with van der Waals surface area (Å²) < 4.78 is 42.3. The first-order chi connectivity index (χ1) is 37.8. The highest BCUT2D eigenvalue weighted by Crippen LogP contribution is 2.44. The van der Waals surface area contributed by atoms with Crippen molar-refractivity contribution in [2.24, 2.45) is 5.73 Å². The molecule has 0 heterocycles. The first-order valence-corrected chi connectivity index (χ1v) is 25.9. The van der Waals surface area contributed by atoms with E-state index in [4.69, 9.17) is 25.1 Å². The molecule has 0 unspecified atom stereocenters. The average Bonchev–Trinajstić information content (AvgIpc) is 3.75. The fourth-order valence-electron chi connectivity index (χ4n) is 7.94. The number of carboxylic acids is 2. The summed E-state index contributed by atoms with van der Waals surface area (Å²) in [7, 11) is 1.65. The normalized spacial score (nSPS) is 13.0. The number of alkyl carbamates (subject to hydrolysis) is 3. The van der Waals surface area contributed by atoms with Gasteiger partial charge >= 0.3 is 30.2 Å². The topological polar surface area (TPSA) is 286 Å². The Morgan fingerprint density at radius 1 is 0.550 bits per heavy atom. The Bertz CT molecular complexity index is 2800. The van der Waals surface area contributed by atoms with Crippen LogP contribution in [0.5, 0.6) is 0 Å². The van der Waals surface area contributed by atoms with Crippen LogP contribution < -0.4 is 37.6 Å². The third kappa shape index (κ3) is 22.5. The first-order valence-electron chi connectivity index (χ1n) is 25.9. The Labute approximate surface area is 464 Å². The molecule has 19 nitrogen and oxygen atoms in total. The van der Waals surface area contributed by atoms with Gasteiger partial charge in [-0.25, -0.2) is 28.0 Å². The zero-order valence-corrected chi connectivity index (χ0v) is 46.0. The number of carbonyl (C=O) groups excluding carboxylic acids is 5. The van der Waals surface area contributed by atoms with Crippen molar-refractivity contribution in [3.8, 4) is 11.1 Å². The maximum Gasteiger partial charge on any atom is 0.407 e. The monoisotopic (exact) mass is 1110 g/mol. The summed E-state index contributed by atoms with van der Waals surface area (Å²) in [5.74, 6) is -5.30. The van der Waals surface area contributed by atoms with Crippen LogP contribution in [0.4, 0.5) is 23.2 Å². The largest absolute Gasteiger partial charge is 0.480 e. The lowest BCUT2D eigenvalue weighted by Crippen LogP contribution is -2.53. The van der Waals surface area contributed by atoms with Gasteiger partial charge in [0.15, 0.2) is 11.6 Å². The average molecular weight is 1110 g/mol. The molecule has 5 aromatic carbocycles. The Morgan fingerprint density at radius 3 is 1.52 bits per heavy atom. The van der Waals surface area contributed by atoms with E-state index in [0.29, 0.717) is 12.0 Å². The second-order valence-electron chi connectivity index (χ2n) is 20.5. The van der Waals surface area contributed by atoms with Gasteiger partial charge in [-0.15, -0.1) is 0 Å². The van der Waals surface area contributed by atoms with Gasteiger partial charge in [0.2, 0.25) is 11.8 Å². The molecule has 5 aromatic rings. The molecule has 4 atom stereocenters. The van der Waals surface area contributed by atoms with Crippen molar-refractivity contribution in [3.05, 3.63) is 167 Å². The summed E-state index contributed by atoms with van der Waals surface area (Å²) in [4.78, 5) is 83.6. The molecule has 6 rings (SSSR count). The molecular weight excluding hydrogens is 1040 g/mol. The van der Waals surface area contributed by atoms with Gasteiger partial charge < -0.3 is 62.1 Å². The van der Waals surface area contributed by atoms with Crippen LogP contribution >= 0.6 is 0 Å². The molecule has 5 amide bonds. The van der Waals surface area contributed by atoms with Crippen molar-refractivity contribution < 1.29 is 66.8 Å². The third-order valence-corrected chi connectivity index (χ3v) is 11.8. The van der Waals surface area contributed by atoms with E-state index in [-0.39, 0.29) is 51.4 Å². The van der Waals surface area contributed by atoms with Gasteiger partial charge in [0.25, 0.3) is 0 Å². The zero-order chi connectivity index (χ0) is 59.0. The molecule has 0 aliphatic heterocycles. The zero-order valence-electron chi connectivity index (χ0n) is 46.0. The van der Waals surface area contributed by atoms with E-state index in [2.05, 4.69) is 31.9 Å². The van der Waals surface area contributed by atoms with Crippen molar-refractivity contribution in [1.29, 1.82) is 0 Å². The molecule has 0 spiro atoms. The highest BCUT2D eigenvalue weighted by Gasteiger charge is 2.30. The van der Waals surface area contributed by atoms with Gasteiger partial charge in [0, 0.05) is 25.6 Å². The molecular formula is C59H73F2N7O12. The Morgan fingerprint density at radius 2 is 1.04 bits per heavy atom. The quantitative estimate of drug-likeness (QED) is 0.0325. The van der Waals surface area contributed by atoms with E-state index < -0.39 is 89.0 Å². The number of amides is 5. The standard InChI is InChI=1S/C25H32F2N4O4.C24H28N2O6.C10H13NO2/c1-25(2,3)35-24(34)29-12-11-21(23(33)30-15-16-7-5-4-6-8-16)31-22(32)20(28)14-17-9-10-18(26)19(27)13-17;1-24(2,3)32-22(29)25-13-12-20(21(27)28)26-23(30)31-14-19-17-10-6-4-8-15(17)16-9-5-7-11-18(16)19;1-11-9(10(12)13)7-8-5-3-2-4-6-8/h4-10,13,20-21H,11-12,14-15,28H2,1-3H3,(H,29,34)(H,30,33)(H,31,32);4-11,19-20H,12-14H2,1-3H3,(H,25,29)(H,26,30)(H,27,28);2-6,9,11H,7H2,1H3,(H,12,13)/t20-,21-;20-;9-/m000/s1. The molecule has 0 aromatic heterocycles. The van der Waals surface area contributed by atoms with Gasteiger partial charge in [-0.1, -0.05) is 115 Å². The van der Waals surface area contributed by atoms with Crippen LogP contribution in [-0.2, 0) is 52.8 Å². The van der Waals surface area contributed by atoms with Crippen LogP contribution in [-0.4, -0.2) is 114 Å². The Kier molecular flexibility index (Phi) is 25.0. The number of benzene rings is 5. The van der Waals surface area contributed by atoms with Gasteiger partial charge in [0.1, 0.15) is 35.9 Å². The second kappa shape index (κ2) is 31.2. The molecule has 0 saturated carbocycles. The molecule has 1 aliphatic rings. The molecule has 1 aliphatic carbocycles. The second-order valence-corrected chi connectivity index (χ2v) is 20.5. The van der Waals surface area contributed by atoms with Crippen LogP contribution in [0.2, 0.25) is 0 Å². The summed E-state index contributed by atoms with van der Waals surface area (Å²) in [5, 5.41) is 33.6. The molecule has 0 radical (unpaired) electrons. The number of fused-ring (bicyclic) bond motifs is 3. The number of likely N-dealkylation sites (N-methyl/N-ethyl adjacent to an activating group) is 1. The number of carbonyl (C=O) groups is 7. The van der Waals surface area contributed by atoms with Crippen LogP contribution in [0.3, 0.4) is 0 Å². The number of carboxylic acid groups (broad SMARTS) is 2. The van der Waals surface area contributed by atoms with Crippen LogP contribution in [0.25, 0.3) is 11.1 Å². The van der Waals surface area contributed by atoms with Crippen molar-refractivity contribution >= 4 is 42.0 Å². The molecule has 0 fully saturated rings.